The van der Waals surface area contributed by atoms with Gasteiger partial charge in [0, 0.05) is 23.1 Å². The maximum atomic E-state index is 13.0. The lowest BCUT2D eigenvalue weighted by molar-refractivity contribution is -0.141. The first-order valence-electron chi connectivity index (χ1n) is 9.98. The molecular formula is C22H23F3N4O4. The minimum absolute atomic E-state index is 0.0538. The Morgan fingerprint density at radius 1 is 1.21 bits per heavy atom. The maximum Gasteiger partial charge on any atom is 0.433 e. The zero-order chi connectivity index (χ0) is 24.4. The standard InChI is InChI=1S/C22H23F3N4O4/c1-13(31)9-29-10-14-7-17(18(8-16(14)28-29)33-12-21(2,3)11-30)27-20(32)15-5-4-6-19(26-15)22(23,24)25/h4-8,10,30H,9,11-12H2,1-3H3,(H,27,32). The number of ether oxygens (including phenoxy) is 1. The van der Waals surface area contributed by atoms with Crippen molar-refractivity contribution in [2.45, 2.75) is 33.5 Å². The quantitative estimate of drug-likeness (QED) is 0.527. The number of carbonyl (C=O) groups is 2. The van der Waals surface area contributed by atoms with Crippen LogP contribution in [0.1, 0.15) is 37.0 Å². The molecule has 176 valence electrons. The molecule has 2 N–H and O–H groups in total. The number of alkyl halides is 3. The van der Waals surface area contributed by atoms with Gasteiger partial charge in [-0.05, 0) is 25.1 Å². The molecule has 33 heavy (non-hydrogen) atoms. The molecule has 3 aromatic rings. The Balaban J connectivity index is 1.97. The van der Waals surface area contributed by atoms with Crippen molar-refractivity contribution in [3.8, 4) is 5.75 Å². The summed E-state index contributed by atoms with van der Waals surface area (Å²) in [4.78, 5) is 27.5. The molecule has 0 saturated heterocycles. The molecule has 0 aliphatic heterocycles. The van der Waals surface area contributed by atoms with E-state index in [0.29, 0.717) is 10.9 Å². The Kier molecular flexibility index (Phi) is 6.73. The fraction of sp³-hybridized carbons (Fsp3) is 0.364. The highest BCUT2D eigenvalue weighted by molar-refractivity contribution is 6.05. The lowest BCUT2D eigenvalue weighted by atomic mass is 9.96. The van der Waals surface area contributed by atoms with Crippen molar-refractivity contribution < 1.29 is 32.6 Å². The Bertz CT molecular complexity index is 1190. The summed E-state index contributed by atoms with van der Waals surface area (Å²) in [5.41, 5.74) is -1.52. The number of Topliss-reactive ketones (excluding diaryl/α,β-unsaturated/α-hetero) is 1. The number of carbonyl (C=O) groups excluding carboxylic acids is 2. The molecule has 2 heterocycles. The molecule has 1 amide bonds. The first-order chi connectivity index (χ1) is 15.4. The number of aliphatic hydroxyl groups excluding tert-OH is 1. The Morgan fingerprint density at radius 2 is 1.94 bits per heavy atom. The first-order valence-corrected chi connectivity index (χ1v) is 9.98. The smallest absolute Gasteiger partial charge is 0.433 e. The summed E-state index contributed by atoms with van der Waals surface area (Å²) in [7, 11) is 0. The highest BCUT2D eigenvalue weighted by atomic mass is 19.4. The van der Waals surface area contributed by atoms with E-state index in [-0.39, 0.29) is 37.0 Å². The minimum atomic E-state index is -4.69. The normalized spacial score (nSPS) is 12.1. The molecular weight excluding hydrogens is 441 g/mol. The molecule has 0 atom stereocenters. The number of pyridine rings is 1. The summed E-state index contributed by atoms with van der Waals surface area (Å²) >= 11 is 0. The fourth-order valence-electron chi connectivity index (χ4n) is 2.85. The van der Waals surface area contributed by atoms with E-state index in [9.17, 15) is 27.9 Å². The molecule has 0 spiro atoms. The molecule has 11 heteroatoms. The van der Waals surface area contributed by atoms with E-state index in [1.807, 2.05) is 0 Å². The lowest BCUT2D eigenvalue weighted by Gasteiger charge is -2.23. The maximum absolute atomic E-state index is 13.0. The van der Waals surface area contributed by atoms with E-state index < -0.39 is 28.9 Å². The Morgan fingerprint density at radius 3 is 2.58 bits per heavy atom. The van der Waals surface area contributed by atoms with Crippen LogP contribution in [0.3, 0.4) is 0 Å². The van der Waals surface area contributed by atoms with Crippen LogP contribution in [0, 0.1) is 5.41 Å². The van der Waals surface area contributed by atoms with Gasteiger partial charge < -0.3 is 15.2 Å². The topological polar surface area (TPSA) is 106 Å². The van der Waals surface area contributed by atoms with Crippen molar-refractivity contribution in [3.63, 3.8) is 0 Å². The zero-order valence-electron chi connectivity index (χ0n) is 18.2. The van der Waals surface area contributed by atoms with Crippen LogP contribution in [0.15, 0.2) is 36.5 Å². The highest BCUT2D eigenvalue weighted by Crippen LogP contribution is 2.32. The van der Waals surface area contributed by atoms with Crippen molar-refractivity contribution in [1.29, 1.82) is 0 Å². The second-order valence-corrected chi connectivity index (χ2v) is 8.41. The van der Waals surface area contributed by atoms with E-state index in [1.54, 1.807) is 32.2 Å². The molecule has 0 bridgehead atoms. The molecule has 8 nitrogen and oxygen atoms in total. The number of halogens is 3. The molecule has 0 fully saturated rings. The van der Waals surface area contributed by atoms with Gasteiger partial charge in [-0.2, -0.15) is 18.3 Å². The minimum Gasteiger partial charge on any atom is -0.491 e. The van der Waals surface area contributed by atoms with Crippen LogP contribution in [0.25, 0.3) is 10.9 Å². The zero-order valence-corrected chi connectivity index (χ0v) is 18.2. The van der Waals surface area contributed by atoms with E-state index in [0.717, 1.165) is 12.1 Å². The average molecular weight is 464 g/mol. The van der Waals surface area contributed by atoms with E-state index in [4.69, 9.17) is 4.74 Å². The summed E-state index contributed by atoms with van der Waals surface area (Å²) in [6.45, 7) is 4.96. The van der Waals surface area contributed by atoms with E-state index in [1.165, 1.54) is 17.7 Å². The molecule has 3 rings (SSSR count). The van der Waals surface area contributed by atoms with Gasteiger partial charge in [-0.25, -0.2) is 4.98 Å². The largest absolute Gasteiger partial charge is 0.491 e. The van der Waals surface area contributed by atoms with Crippen LogP contribution in [0.2, 0.25) is 0 Å². The molecule has 0 aliphatic carbocycles. The van der Waals surface area contributed by atoms with Gasteiger partial charge in [0.15, 0.2) is 5.78 Å². The number of aromatic nitrogens is 3. The van der Waals surface area contributed by atoms with Crippen molar-refractivity contribution in [1.82, 2.24) is 14.8 Å². The number of rotatable bonds is 8. The van der Waals surface area contributed by atoms with Crippen molar-refractivity contribution in [2.75, 3.05) is 18.5 Å². The van der Waals surface area contributed by atoms with Gasteiger partial charge in [-0.15, -0.1) is 0 Å². The summed E-state index contributed by atoms with van der Waals surface area (Å²) < 4.78 is 46.2. The molecule has 0 aliphatic rings. The molecule has 0 radical (unpaired) electrons. The summed E-state index contributed by atoms with van der Waals surface area (Å²) in [5, 5.41) is 16.9. The average Bonchev–Trinajstić information content (AvgIpc) is 3.11. The number of benzene rings is 1. The van der Waals surface area contributed by atoms with E-state index in [2.05, 4.69) is 15.4 Å². The van der Waals surface area contributed by atoms with E-state index >= 15 is 0 Å². The van der Waals surface area contributed by atoms with Crippen LogP contribution in [0.4, 0.5) is 18.9 Å². The lowest BCUT2D eigenvalue weighted by Crippen LogP contribution is -2.26. The molecule has 0 saturated carbocycles. The van der Waals surface area contributed by atoms with Gasteiger partial charge in [0.2, 0.25) is 0 Å². The highest BCUT2D eigenvalue weighted by Gasteiger charge is 2.33. The second kappa shape index (κ2) is 9.18. The second-order valence-electron chi connectivity index (χ2n) is 8.41. The SMILES string of the molecule is CC(=O)Cn1cc2cc(NC(=O)c3cccc(C(F)(F)F)n3)c(OCC(C)(C)CO)cc2n1. The number of fused-ring (bicyclic) bond motifs is 1. The molecule has 1 aromatic carbocycles. The van der Waals surface area contributed by atoms with Crippen LogP contribution >= 0.6 is 0 Å². The third-order valence-corrected chi connectivity index (χ3v) is 4.60. The number of amides is 1. The number of aliphatic hydroxyl groups is 1. The first kappa shape index (κ1) is 24.2. The third-order valence-electron chi connectivity index (χ3n) is 4.60. The number of hydrogen-bond donors (Lipinski definition) is 2. The predicted octanol–water partition coefficient (Wildman–Crippen LogP) is 3.69. The summed E-state index contributed by atoms with van der Waals surface area (Å²) in [6.07, 6.45) is -3.08. The molecule has 0 unspecified atom stereocenters. The predicted molar refractivity (Wildman–Crippen MR) is 114 cm³/mol. The van der Waals surface area contributed by atoms with Crippen LogP contribution in [-0.4, -0.2) is 44.8 Å². The fourth-order valence-corrected chi connectivity index (χ4v) is 2.85. The van der Waals surface area contributed by atoms with Gasteiger partial charge >= 0.3 is 6.18 Å². The molecule has 2 aromatic heterocycles. The number of hydrogen-bond acceptors (Lipinski definition) is 6. The van der Waals surface area contributed by atoms with Gasteiger partial charge in [-0.1, -0.05) is 19.9 Å². The van der Waals surface area contributed by atoms with Gasteiger partial charge in [0.1, 0.15) is 17.1 Å². The number of nitrogens with zero attached hydrogens (tertiary/aromatic N) is 3. The summed E-state index contributed by atoms with van der Waals surface area (Å²) in [5.74, 6) is -0.756. The number of nitrogens with one attached hydrogen (secondary N) is 1. The summed E-state index contributed by atoms with van der Waals surface area (Å²) in [6, 6.07) is 6.14. The number of ketones is 1. The van der Waals surface area contributed by atoms with Gasteiger partial charge in [0.05, 0.1) is 31.0 Å². The van der Waals surface area contributed by atoms with Crippen molar-refractivity contribution >= 4 is 28.3 Å². The van der Waals surface area contributed by atoms with Crippen molar-refractivity contribution in [2.24, 2.45) is 5.41 Å². The third kappa shape index (κ3) is 6.07. The number of anilines is 1. The van der Waals surface area contributed by atoms with Crippen LogP contribution < -0.4 is 10.1 Å². The van der Waals surface area contributed by atoms with Crippen LogP contribution in [0.5, 0.6) is 5.75 Å². The monoisotopic (exact) mass is 464 g/mol. The van der Waals surface area contributed by atoms with Crippen molar-refractivity contribution in [3.05, 3.63) is 47.9 Å². The Labute approximate surface area is 187 Å². The Hall–Kier alpha value is -3.47. The van der Waals surface area contributed by atoms with Gasteiger partial charge in [-0.3, -0.25) is 14.3 Å². The van der Waals surface area contributed by atoms with Crippen LogP contribution in [-0.2, 0) is 17.5 Å². The van der Waals surface area contributed by atoms with Gasteiger partial charge in [0.25, 0.3) is 5.91 Å².